The molecule has 1 aromatic rings. The van der Waals surface area contributed by atoms with Crippen molar-refractivity contribution in [2.75, 3.05) is 6.54 Å². The van der Waals surface area contributed by atoms with Crippen LogP contribution >= 0.6 is 23.2 Å². The van der Waals surface area contributed by atoms with Gasteiger partial charge in [-0.15, -0.1) is 0 Å². The molecule has 0 aliphatic heterocycles. The van der Waals surface area contributed by atoms with Crippen molar-refractivity contribution in [2.45, 2.75) is 25.7 Å². The fraction of sp³-hybridized carbons (Fsp3) is 0.455. The smallest absolute Gasteiger partial charge is 0.211 e. The Bertz CT molecular complexity index is 512. The largest absolute Gasteiger partial charge is 0.242 e. The third-order valence-electron chi connectivity index (χ3n) is 2.18. The lowest BCUT2D eigenvalue weighted by Gasteiger charge is -2.11. The number of nitrogens with one attached hydrogen (secondary N) is 1. The molecular formula is C11H15Cl2NO2S. The standard InChI is InChI=1S/C11H15Cl2NO2S/c1-7(2)6-14-17(15,16)11-4-8(3)9(12)5-10(11)13/h4-5,7,14H,6H2,1-3H3. The Labute approximate surface area is 112 Å². The van der Waals surface area contributed by atoms with Gasteiger partial charge in [0.1, 0.15) is 4.90 Å². The Morgan fingerprint density at radius 1 is 1.24 bits per heavy atom. The molecule has 0 saturated carbocycles. The summed E-state index contributed by atoms with van der Waals surface area (Å²) in [7, 11) is -3.57. The minimum atomic E-state index is -3.57. The Morgan fingerprint density at radius 3 is 2.35 bits per heavy atom. The van der Waals surface area contributed by atoms with Crippen LogP contribution in [-0.2, 0) is 10.0 Å². The van der Waals surface area contributed by atoms with Crippen molar-refractivity contribution in [1.82, 2.24) is 4.72 Å². The molecule has 0 saturated heterocycles. The van der Waals surface area contributed by atoms with Crippen LogP contribution in [0.3, 0.4) is 0 Å². The first-order valence-electron chi connectivity index (χ1n) is 5.19. The van der Waals surface area contributed by atoms with E-state index in [0.717, 1.165) is 0 Å². The van der Waals surface area contributed by atoms with Gasteiger partial charge < -0.3 is 0 Å². The summed E-state index contributed by atoms with van der Waals surface area (Å²) in [4.78, 5) is 0.0710. The predicted molar refractivity (Wildman–Crippen MR) is 71.2 cm³/mol. The minimum absolute atomic E-state index is 0.0710. The van der Waals surface area contributed by atoms with E-state index in [9.17, 15) is 8.42 Å². The van der Waals surface area contributed by atoms with E-state index in [-0.39, 0.29) is 15.8 Å². The van der Waals surface area contributed by atoms with Gasteiger partial charge >= 0.3 is 0 Å². The van der Waals surface area contributed by atoms with Gasteiger partial charge in [-0.05, 0) is 30.5 Å². The van der Waals surface area contributed by atoms with Crippen LogP contribution in [0, 0.1) is 12.8 Å². The molecule has 0 aliphatic carbocycles. The average molecular weight is 296 g/mol. The van der Waals surface area contributed by atoms with E-state index in [2.05, 4.69) is 4.72 Å². The lowest BCUT2D eigenvalue weighted by molar-refractivity contribution is 0.560. The summed E-state index contributed by atoms with van der Waals surface area (Å²) in [6.07, 6.45) is 0. The van der Waals surface area contributed by atoms with Gasteiger partial charge in [-0.2, -0.15) is 0 Å². The zero-order valence-electron chi connectivity index (χ0n) is 9.92. The number of sulfonamides is 1. The zero-order chi connectivity index (χ0) is 13.2. The maximum Gasteiger partial charge on any atom is 0.242 e. The normalized spacial score (nSPS) is 12.1. The summed E-state index contributed by atoms with van der Waals surface area (Å²) in [6, 6.07) is 2.93. The van der Waals surface area contributed by atoms with Crippen molar-refractivity contribution in [3.8, 4) is 0 Å². The van der Waals surface area contributed by atoms with Gasteiger partial charge in [-0.25, -0.2) is 13.1 Å². The third-order valence-corrected chi connectivity index (χ3v) is 4.48. The highest BCUT2D eigenvalue weighted by Crippen LogP contribution is 2.28. The summed E-state index contributed by atoms with van der Waals surface area (Å²) in [6.45, 7) is 5.97. The predicted octanol–water partition coefficient (Wildman–Crippen LogP) is 3.24. The molecule has 0 spiro atoms. The number of rotatable bonds is 4. The molecule has 6 heteroatoms. The summed E-state index contributed by atoms with van der Waals surface area (Å²) < 4.78 is 26.5. The summed E-state index contributed by atoms with van der Waals surface area (Å²) >= 11 is 11.8. The fourth-order valence-corrected chi connectivity index (χ4v) is 3.23. The monoisotopic (exact) mass is 295 g/mol. The fourth-order valence-electron chi connectivity index (χ4n) is 1.19. The second-order valence-corrected chi connectivity index (χ2v) is 6.83. The molecule has 0 aliphatic rings. The average Bonchev–Trinajstić information content (AvgIpc) is 2.20. The first-order valence-corrected chi connectivity index (χ1v) is 7.43. The van der Waals surface area contributed by atoms with Crippen LogP contribution in [0.15, 0.2) is 17.0 Å². The summed E-state index contributed by atoms with van der Waals surface area (Å²) in [5.41, 5.74) is 0.681. The Hall–Kier alpha value is -0.290. The van der Waals surface area contributed by atoms with Gasteiger partial charge in [-0.3, -0.25) is 0 Å². The van der Waals surface area contributed by atoms with Gasteiger partial charge in [0.2, 0.25) is 10.0 Å². The highest BCUT2D eigenvalue weighted by Gasteiger charge is 2.19. The van der Waals surface area contributed by atoms with E-state index in [1.165, 1.54) is 12.1 Å². The lowest BCUT2D eigenvalue weighted by Crippen LogP contribution is -2.27. The van der Waals surface area contributed by atoms with Gasteiger partial charge in [0, 0.05) is 11.6 Å². The van der Waals surface area contributed by atoms with Crippen molar-refractivity contribution >= 4 is 33.2 Å². The molecule has 0 amide bonds. The van der Waals surface area contributed by atoms with Crippen molar-refractivity contribution in [3.05, 3.63) is 27.7 Å². The van der Waals surface area contributed by atoms with Crippen LogP contribution in [0.5, 0.6) is 0 Å². The lowest BCUT2D eigenvalue weighted by atomic mass is 10.2. The molecule has 1 rings (SSSR count). The van der Waals surface area contributed by atoms with E-state index >= 15 is 0 Å². The molecule has 0 heterocycles. The van der Waals surface area contributed by atoms with Crippen molar-refractivity contribution in [3.63, 3.8) is 0 Å². The SMILES string of the molecule is Cc1cc(S(=O)(=O)NCC(C)C)c(Cl)cc1Cl. The highest BCUT2D eigenvalue weighted by atomic mass is 35.5. The Kier molecular flexibility index (Phi) is 4.84. The molecule has 96 valence electrons. The van der Waals surface area contributed by atoms with E-state index in [1.807, 2.05) is 13.8 Å². The molecule has 0 aromatic heterocycles. The molecule has 0 bridgehead atoms. The quantitative estimate of drug-likeness (QED) is 0.927. The third kappa shape index (κ3) is 3.85. The molecule has 1 aromatic carbocycles. The first kappa shape index (κ1) is 14.8. The topological polar surface area (TPSA) is 46.2 Å². The molecule has 0 radical (unpaired) electrons. The highest BCUT2D eigenvalue weighted by molar-refractivity contribution is 7.89. The number of aryl methyl sites for hydroxylation is 1. The molecule has 0 fully saturated rings. The molecule has 3 nitrogen and oxygen atoms in total. The molecule has 0 unspecified atom stereocenters. The van der Waals surface area contributed by atoms with Crippen molar-refractivity contribution in [2.24, 2.45) is 5.92 Å². The van der Waals surface area contributed by atoms with Crippen LogP contribution in [0.4, 0.5) is 0 Å². The van der Waals surface area contributed by atoms with Gasteiger partial charge in [0.15, 0.2) is 0 Å². The number of hydrogen-bond donors (Lipinski definition) is 1. The second-order valence-electron chi connectivity index (χ2n) is 4.28. The van der Waals surface area contributed by atoms with E-state index in [0.29, 0.717) is 17.1 Å². The summed E-state index contributed by atoms with van der Waals surface area (Å²) in [5.74, 6) is 0.233. The van der Waals surface area contributed by atoms with Crippen LogP contribution < -0.4 is 4.72 Å². The molecule has 17 heavy (non-hydrogen) atoms. The molecule has 1 N–H and O–H groups in total. The van der Waals surface area contributed by atoms with Crippen molar-refractivity contribution < 1.29 is 8.42 Å². The van der Waals surface area contributed by atoms with E-state index in [1.54, 1.807) is 6.92 Å². The van der Waals surface area contributed by atoms with Crippen LogP contribution in [0.25, 0.3) is 0 Å². The van der Waals surface area contributed by atoms with Crippen LogP contribution in [0.1, 0.15) is 19.4 Å². The molecule has 0 atom stereocenters. The number of benzene rings is 1. The zero-order valence-corrected chi connectivity index (χ0v) is 12.2. The molecular weight excluding hydrogens is 281 g/mol. The van der Waals surface area contributed by atoms with Crippen molar-refractivity contribution in [1.29, 1.82) is 0 Å². The maximum atomic E-state index is 12.0. The second kappa shape index (κ2) is 5.57. The van der Waals surface area contributed by atoms with E-state index < -0.39 is 10.0 Å². The van der Waals surface area contributed by atoms with Crippen LogP contribution in [-0.4, -0.2) is 15.0 Å². The van der Waals surface area contributed by atoms with Gasteiger partial charge in [-0.1, -0.05) is 37.0 Å². The maximum absolute atomic E-state index is 12.0. The van der Waals surface area contributed by atoms with Gasteiger partial charge in [0.05, 0.1) is 5.02 Å². The first-order chi connectivity index (χ1) is 7.74. The number of halogens is 2. The Balaban J connectivity index is 3.11. The van der Waals surface area contributed by atoms with E-state index in [4.69, 9.17) is 23.2 Å². The van der Waals surface area contributed by atoms with Gasteiger partial charge in [0.25, 0.3) is 0 Å². The summed E-state index contributed by atoms with van der Waals surface area (Å²) in [5, 5.41) is 0.592. The minimum Gasteiger partial charge on any atom is -0.211 e. The van der Waals surface area contributed by atoms with Crippen LogP contribution in [0.2, 0.25) is 10.0 Å². The Morgan fingerprint density at radius 2 is 1.82 bits per heavy atom. The number of hydrogen-bond acceptors (Lipinski definition) is 2.